The Bertz CT molecular complexity index is 702. The number of aryl methyl sites for hydroxylation is 2. The lowest BCUT2D eigenvalue weighted by Crippen LogP contribution is -2.13. The second-order valence-electron chi connectivity index (χ2n) is 5.12. The Morgan fingerprint density at radius 3 is 2.25 bits per heavy atom. The van der Waals surface area contributed by atoms with Gasteiger partial charge in [0.2, 0.25) is 0 Å². The fourth-order valence-corrected chi connectivity index (χ4v) is 2.66. The molecule has 0 aliphatic rings. The zero-order chi connectivity index (χ0) is 14.9. The Kier molecular flexibility index (Phi) is 4.15. The fraction of sp³-hybridized carbons (Fsp3) is 0.235. The maximum Gasteiger partial charge on any atom is 0.194 e. The Labute approximate surface area is 121 Å². The summed E-state index contributed by atoms with van der Waals surface area (Å²) in [5, 5.41) is 0.540. The molecule has 0 aromatic heterocycles. The molecule has 2 rings (SSSR count). The van der Waals surface area contributed by atoms with Crippen LogP contribution in [-0.2, 0) is 4.57 Å². The van der Waals surface area contributed by atoms with Crippen LogP contribution < -0.4 is 5.30 Å². The van der Waals surface area contributed by atoms with Crippen LogP contribution in [0.2, 0.25) is 0 Å². The van der Waals surface area contributed by atoms with Crippen molar-refractivity contribution in [2.45, 2.75) is 27.7 Å². The molecule has 0 saturated carbocycles. The smallest absolute Gasteiger partial charge is 0.194 e. The molecule has 0 spiro atoms. The zero-order valence-corrected chi connectivity index (χ0v) is 13.0. The summed E-state index contributed by atoms with van der Waals surface area (Å²) in [6, 6.07) is 9.22. The van der Waals surface area contributed by atoms with E-state index in [1.807, 2.05) is 45.9 Å². The van der Waals surface area contributed by atoms with Gasteiger partial charge in [0.25, 0.3) is 0 Å². The summed E-state index contributed by atoms with van der Waals surface area (Å²) < 4.78 is 11.2. The Morgan fingerprint density at radius 2 is 1.60 bits per heavy atom. The van der Waals surface area contributed by atoms with Gasteiger partial charge in [-0.1, -0.05) is 23.8 Å². The van der Waals surface area contributed by atoms with E-state index in [4.69, 9.17) is 0 Å². The summed E-state index contributed by atoms with van der Waals surface area (Å²) in [6.07, 6.45) is 0. The molecule has 0 radical (unpaired) electrons. The predicted octanol–water partition coefficient (Wildman–Crippen LogP) is 4.07. The van der Waals surface area contributed by atoms with E-state index >= 15 is 0 Å². The van der Waals surface area contributed by atoms with Crippen molar-refractivity contribution >= 4 is 19.5 Å². The zero-order valence-electron chi connectivity index (χ0n) is 12.2. The van der Waals surface area contributed by atoms with Crippen molar-refractivity contribution in [3.63, 3.8) is 0 Å². The molecule has 0 amide bonds. The minimum atomic E-state index is -0.123. The third-order valence-electron chi connectivity index (χ3n) is 3.80. The second-order valence-corrected chi connectivity index (χ2v) is 5.79. The molecule has 0 atom stereocenters. The first-order valence-corrected chi connectivity index (χ1v) is 7.32. The third kappa shape index (κ3) is 2.57. The molecule has 0 saturated heterocycles. The number of hydrogen-bond acceptors (Lipinski definition) is 2. The summed E-state index contributed by atoms with van der Waals surface area (Å²) in [5.74, 6) is -0.0624. The van der Waals surface area contributed by atoms with Gasteiger partial charge in [0.05, 0.1) is 5.30 Å². The minimum absolute atomic E-state index is 0.0624. The van der Waals surface area contributed by atoms with Gasteiger partial charge in [-0.05, 0) is 56.5 Å². The maximum atomic E-state index is 12.7. The molecule has 0 aliphatic carbocycles. The van der Waals surface area contributed by atoms with Crippen LogP contribution in [0, 0.1) is 27.7 Å². The maximum absolute atomic E-state index is 12.7. The van der Waals surface area contributed by atoms with Gasteiger partial charge in [-0.25, -0.2) is 0 Å². The summed E-state index contributed by atoms with van der Waals surface area (Å²) in [7, 11) is -0.123. The predicted molar refractivity (Wildman–Crippen MR) is 82.5 cm³/mol. The van der Waals surface area contributed by atoms with Crippen LogP contribution in [0.15, 0.2) is 30.3 Å². The average molecular weight is 284 g/mol. The first kappa shape index (κ1) is 14.6. The van der Waals surface area contributed by atoms with Crippen molar-refractivity contribution in [1.82, 2.24) is 0 Å². The number of carbonyl (C=O) groups excluding carboxylic acids is 1. The summed E-state index contributed by atoms with van der Waals surface area (Å²) in [5.41, 5.74) is 5.49. The molecule has 0 aliphatic heterocycles. The molecule has 2 aromatic rings. The molecule has 3 heteroatoms. The Balaban J connectivity index is 2.60. The van der Waals surface area contributed by atoms with E-state index in [0.717, 1.165) is 16.7 Å². The van der Waals surface area contributed by atoms with Gasteiger partial charge < -0.3 is 0 Å². The SMILES string of the molecule is Cc1ccc(P=O)c(C(=O)c2ccc(C)c(C)c2C)c1. The topological polar surface area (TPSA) is 34.1 Å². The highest BCUT2D eigenvalue weighted by Gasteiger charge is 2.17. The molecule has 2 aromatic carbocycles. The van der Waals surface area contributed by atoms with E-state index in [-0.39, 0.29) is 14.2 Å². The average Bonchev–Trinajstić information content (AvgIpc) is 2.44. The highest BCUT2D eigenvalue weighted by atomic mass is 31.1. The van der Waals surface area contributed by atoms with Gasteiger partial charge in [-0.2, -0.15) is 0 Å². The number of ketones is 1. The lowest BCUT2D eigenvalue weighted by atomic mass is 9.93. The standard InChI is InChI=1S/C17H17O2P/c1-10-5-8-16(20-19)15(9-10)17(18)14-7-6-11(2)12(3)13(14)4/h5-9H,1-4H3. The van der Waals surface area contributed by atoms with Gasteiger partial charge in [0.15, 0.2) is 14.2 Å². The minimum Gasteiger partial charge on any atom is -0.289 e. The molecule has 2 nitrogen and oxygen atoms in total. The summed E-state index contributed by atoms with van der Waals surface area (Å²) in [6.45, 7) is 7.94. The normalized spacial score (nSPS) is 10.8. The molecule has 102 valence electrons. The summed E-state index contributed by atoms with van der Waals surface area (Å²) >= 11 is 0. The number of benzene rings is 2. The van der Waals surface area contributed by atoms with Crippen LogP contribution >= 0.6 is 8.46 Å². The third-order valence-corrected chi connectivity index (χ3v) is 4.38. The van der Waals surface area contributed by atoms with Crippen LogP contribution in [0.4, 0.5) is 0 Å². The van der Waals surface area contributed by atoms with Crippen LogP contribution in [0.1, 0.15) is 38.2 Å². The first-order valence-electron chi connectivity index (χ1n) is 6.51. The van der Waals surface area contributed by atoms with E-state index in [9.17, 15) is 9.36 Å². The van der Waals surface area contributed by atoms with Gasteiger partial charge in [0, 0.05) is 11.1 Å². The van der Waals surface area contributed by atoms with Crippen LogP contribution in [0.3, 0.4) is 0 Å². The Morgan fingerprint density at radius 1 is 0.900 bits per heavy atom. The van der Waals surface area contributed by atoms with Crippen molar-refractivity contribution < 1.29 is 9.36 Å². The van der Waals surface area contributed by atoms with Crippen molar-refractivity contribution in [3.8, 4) is 0 Å². The van der Waals surface area contributed by atoms with Gasteiger partial charge >= 0.3 is 0 Å². The van der Waals surface area contributed by atoms with Crippen molar-refractivity contribution in [3.05, 3.63) is 63.7 Å². The highest BCUT2D eigenvalue weighted by molar-refractivity contribution is 7.34. The van der Waals surface area contributed by atoms with Crippen molar-refractivity contribution in [2.75, 3.05) is 0 Å². The van der Waals surface area contributed by atoms with Gasteiger partial charge in [-0.3, -0.25) is 9.36 Å². The van der Waals surface area contributed by atoms with Crippen LogP contribution in [-0.4, -0.2) is 5.78 Å². The quantitative estimate of drug-likeness (QED) is 0.629. The first-order chi connectivity index (χ1) is 9.45. The fourth-order valence-electron chi connectivity index (χ4n) is 2.26. The van der Waals surface area contributed by atoms with E-state index in [1.165, 1.54) is 5.56 Å². The lowest BCUT2D eigenvalue weighted by molar-refractivity contribution is 0.103. The molecule has 0 unspecified atom stereocenters. The summed E-state index contributed by atoms with van der Waals surface area (Å²) in [4.78, 5) is 12.7. The largest absolute Gasteiger partial charge is 0.289 e. The molecule has 20 heavy (non-hydrogen) atoms. The van der Waals surface area contributed by atoms with E-state index < -0.39 is 0 Å². The highest BCUT2D eigenvalue weighted by Crippen LogP contribution is 2.21. The molecule has 0 N–H and O–H groups in total. The molecular formula is C17H17O2P. The van der Waals surface area contributed by atoms with Crippen LogP contribution in [0.25, 0.3) is 0 Å². The van der Waals surface area contributed by atoms with Gasteiger partial charge in [0.1, 0.15) is 0 Å². The lowest BCUT2D eigenvalue weighted by Gasteiger charge is -2.11. The molecular weight excluding hydrogens is 267 g/mol. The number of carbonyl (C=O) groups is 1. The van der Waals surface area contributed by atoms with E-state index in [1.54, 1.807) is 12.1 Å². The second kappa shape index (κ2) is 5.68. The molecule has 0 bridgehead atoms. The molecule has 0 fully saturated rings. The Hall–Kier alpha value is -1.79. The molecule has 0 heterocycles. The van der Waals surface area contributed by atoms with E-state index in [0.29, 0.717) is 16.4 Å². The van der Waals surface area contributed by atoms with Gasteiger partial charge in [-0.15, -0.1) is 0 Å². The van der Waals surface area contributed by atoms with E-state index in [2.05, 4.69) is 0 Å². The van der Waals surface area contributed by atoms with Crippen molar-refractivity contribution in [1.29, 1.82) is 0 Å². The van der Waals surface area contributed by atoms with Crippen molar-refractivity contribution in [2.24, 2.45) is 0 Å². The number of hydrogen-bond donors (Lipinski definition) is 0. The van der Waals surface area contributed by atoms with Crippen LogP contribution in [0.5, 0.6) is 0 Å². The number of rotatable bonds is 3. The monoisotopic (exact) mass is 284 g/mol.